The Balaban J connectivity index is 1.78. The average Bonchev–Trinajstić information content (AvgIpc) is 2.75. The van der Waals surface area contributed by atoms with Crippen molar-refractivity contribution in [2.75, 3.05) is 13.1 Å². The molecule has 0 atom stereocenters. The quantitative estimate of drug-likeness (QED) is 0.863. The number of carbonyl (C=O) groups excluding carboxylic acids is 1. The van der Waals surface area contributed by atoms with Crippen molar-refractivity contribution in [2.45, 2.75) is 45.3 Å². The Morgan fingerprint density at radius 3 is 2.74 bits per heavy atom. The number of nitrogens with one attached hydrogen (secondary N) is 1. The lowest BCUT2D eigenvalue weighted by atomic mass is 10.0. The minimum atomic E-state index is -0.190. The highest BCUT2D eigenvalue weighted by atomic mass is 32.1. The van der Waals surface area contributed by atoms with Gasteiger partial charge in [-0.3, -0.25) is 9.59 Å². The van der Waals surface area contributed by atoms with Crippen molar-refractivity contribution in [3.05, 3.63) is 15.2 Å². The standard InChI is InChI=1S/C12H20N4O2S/c1-9(2)15-5-3-10(4-6-15)14-11(17)7-16-12(18)19-8-13-16/h8-10H,3-7H2,1-2H3,(H,14,17). The first kappa shape index (κ1) is 14.2. The summed E-state index contributed by atoms with van der Waals surface area (Å²) in [7, 11) is 0. The van der Waals surface area contributed by atoms with Crippen molar-refractivity contribution in [3.63, 3.8) is 0 Å². The molecule has 0 unspecified atom stereocenters. The van der Waals surface area contributed by atoms with Gasteiger partial charge in [0.2, 0.25) is 5.91 Å². The molecule has 0 aromatic carbocycles. The monoisotopic (exact) mass is 284 g/mol. The summed E-state index contributed by atoms with van der Waals surface area (Å²) >= 11 is 1.01. The normalized spacial score (nSPS) is 17.8. The maximum Gasteiger partial charge on any atom is 0.325 e. The lowest BCUT2D eigenvalue weighted by Crippen LogP contribution is -2.47. The SMILES string of the molecule is CC(C)N1CCC(NC(=O)Cn2ncsc2=O)CC1. The summed E-state index contributed by atoms with van der Waals surface area (Å²) in [5.41, 5.74) is 1.46. The van der Waals surface area contributed by atoms with E-state index in [4.69, 9.17) is 0 Å². The summed E-state index contributed by atoms with van der Waals surface area (Å²) in [6.07, 6.45) is 1.94. The van der Waals surface area contributed by atoms with Crippen LogP contribution in [0.5, 0.6) is 0 Å². The summed E-state index contributed by atoms with van der Waals surface area (Å²) in [5, 5.41) is 6.82. The van der Waals surface area contributed by atoms with Gasteiger partial charge in [0.25, 0.3) is 0 Å². The molecule has 1 fully saturated rings. The number of likely N-dealkylation sites (tertiary alicyclic amines) is 1. The molecule has 1 aliphatic heterocycles. The first-order chi connectivity index (χ1) is 9.06. The van der Waals surface area contributed by atoms with Crippen LogP contribution < -0.4 is 10.2 Å². The Kier molecular flexibility index (Phi) is 4.71. The molecule has 0 spiro atoms. The topological polar surface area (TPSA) is 67.2 Å². The van der Waals surface area contributed by atoms with E-state index in [0.717, 1.165) is 37.3 Å². The van der Waals surface area contributed by atoms with Gasteiger partial charge in [0.1, 0.15) is 12.1 Å². The maximum absolute atomic E-state index is 11.8. The molecule has 1 aromatic rings. The van der Waals surface area contributed by atoms with Crippen LogP contribution in [-0.2, 0) is 11.3 Å². The van der Waals surface area contributed by atoms with Gasteiger partial charge in [-0.15, -0.1) is 0 Å². The van der Waals surface area contributed by atoms with Crippen molar-refractivity contribution >= 4 is 17.2 Å². The van der Waals surface area contributed by atoms with Crippen molar-refractivity contribution in [1.29, 1.82) is 0 Å². The number of amides is 1. The van der Waals surface area contributed by atoms with E-state index in [0.29, 0.717) is 6.04 Å². The number of rotatable bonds is 4. The third-order valence-corrected chi connectivity index (χ3v) is 4.08. The highest BCUT2D eigenvalue weighted by Crippen LogP contribution is 2.12. The molecule has 0 radical (unpaired) electrons. The van der Waals surface area contributed by atoms with Crippen molar-refractivity contribution in [1.82, 2.24) is 20.0 Å². The Hall–Kier alpha value is -1.21. The van der Waals surface area contributed by atoms with Crippen LogP contribution in [0.15, 0.2) is 10.3 Å². The summed E-state index contributed by atoms with van der Waals surface area (Å²) < 4.78 is 1.20. The molecule has 0 saturated carbocycles. The van der Waals surface area contributed by atoms with Gasteiger partial charge >= 0.3 is 4.87 Å². The third-order valence-electron chi connectivity index (χ3n) is 3.47. The molecule has 2 heterocycles. The number of aromatic nitrogens is 2. The lowest BCUT2D eigenvalue weighted by molar-refractivity contribution is -0.122. The summed E-state index contributed by atoms with van der Waals surface area (Å²) in [5.74, 6) is -0.129. The number of carbonyl (C=O) groups is 1. The second kappa shape index (κ2) is 6.29. The van der Waals surface area contributed by atoms with Crippen LogP contribution >= 0.6 is 11.3 Å². The smallest absolute Gasteiger partial charge is 0.325 e. The van der Waals surface area contributed by atoms with E-state index >= 15 is 0 Å². The fraction of sp³-hybridized carbons (Fsp3) is 0.750. The van der Waals surface area contributed by atoms with Gasteiger partial charge in [0.05, 0.1) is 0 Å². The fourth-order valence-corrected chi connectivity index (χ4v) is 2.79. The average molecular weight is 284 g/mol. The largest absolute Gasteiger partial charge is 0.352 e. The zero-order valence-electron chi connectivity index (χ0n) is 11.3. The minimum Gasteiger partial charge on any atom is -0.352 e. The molecule has 6 nitrogen and oxygen atoms in total. The number of hydrogen-bond donors (Lipinski definition) is 1. The van der Waals surface area contributed by atoms with Gasteiger partial charge in [0, 0.05) is 25.2 Å². The lowest BCUT2D eigenvalue weighted by Gasteiger charge is -2.34. The molecule has 7 heteroatoms. The zero-order valence-corrected chi connectivity index (χ0v) is 12.2. The number of piperidine rings is 1. The predicted octanol–water partition coefficient (Wildman–Crippen LogP) is 0.294. The number of nitrogens with zero attached hydrogens (tertiary/aromatic N) is 3. The molecular formula is C12H20N4O2S. The van der Waals surface area contributed by atoms with E-state index in [-0.39, 0.29) is 23.4 Å². The molecule has 2 rings (SSSR count). The summed E-state index contributed by atoms with van der Waals surface area (Å²) in [6.45, 7) is 6.42. The van der Waals surface area contributed by atoms with E-state index < -0.39 is 0 Å². The van der Waals surface area contributed by atoms with Crippen LogP contribution in [0.2, 0.25) is 0 Å². The minimum absolute atomic E-state index is 0.0206. The molecule has 1 N–H and O–H groups in total. The second-order valence-electron chi connectivity index (χ2n) is 5.13. The molecule has 0 aliphatic carbocycles. The molecule has 19 heavy (non-hydrogen) atoms. The molecule has 0 bridgehead atoms. The Morgan fingerprint density at radius 1 is 1.53 bits per heavy atom. The van der Waals surface area contributed by atoms with E-state index in [9.17, 15) is 9.59 Å². The van der Waals surface area contributed by atoms with E-state index in [1.54, 1.807) is 0 Å². The Bertz CT molecular complexity index is 474. The summed E-state index contributed by atoms with van der Waals surface area (Å²) in [4.78, 5) is 25.3. The van der Waals surface area contributed by atoms with Crippen molar-refractivity contribution in [3.8, 4) is 0 Å². The highest BCUT2D eigenvalue weighted by Gasteiger charge is 2.22. The summed E-state index contributed by atoms with van der Waals surface area (Å²) in [6, 6.07) is 0.780. The highest BCUT2D eigenvalue weighted by molar-refractivity contribution is 7.06. The zero-order chi connectivity index (χ0) is 13.8. The van der Waals surface area contributed by atoms with Crippen LogP contribution in [0, 0.1) is 0 Å². The van der Waals surface area contributed by atoms with Crippen molar-refractivity contribution in [2.24, 2.45) is 0 Å². The van der Waals surface area contributed by atoms with Crippen LogP contribution in [0.3, 0.4) is 0 Å². The van der Waals surface area contributed by atoms with Crippen LogP contribution in [0.25, 0.3) is 0 Å². The van der Waals surface area contributed by atoms with Crippen LogP contribution in [-0.4, -0.2) is 45.8 Å². The molecular weight excluding hydrogens is 264 g/mol. The van der Waals surface area contributed by atoms with E-state index in [2.05, 4.69) is 29.2 Å². The second-order valence-corrected chi connectivity index (χ2v) is 5.93. The molecule has 1 aromatic heterocycles. The molecule has 1 amide bonds. The molecule has 1 aliphatic rings. The fourth-order valence-electron chi connectivity index (χ4n) is 2.31. The van der Waals surface area contributed by atoms with Gasteiger partial charge in [-0.1, -0.05) is 11.3 Å². The first-order valence-corrected chi connectivity index (χ1v) is 7.48. The van der Waals surface area contributed by atoms with Gasteiger partial charge < -0.3 is 10.2 Å². The maximum atomic E-state index is 11.8. The van der Waals surface area contributed by atoms with E-state index in [1.807, 2.05) is 0 Å². The van der Waals surface area contributed by atoms with Gasteiger partial charge in [-0.05, 0) is 26.7 Å². The third kappa shape index (κ3) is 3.87. The first-order valence-electron chi connectivity index (χ1n) is 6.60. The van der Waals surface area contributed by atoms with Gasteiger partial charge in [-0.2, -0.15) is 5.10 Å². The van der Waals surface area contributed by atoms with Gasteiger partial charge in [0.15, 0.2) is 0 Å². The number of hydrogen-bond acceptors (Lipinski definition) is 5. The Morgan fingerprint density at radius 2 is 2.21 bits per heavy atom. The predicted molar refractivity (Wildman–Crippen MR) is 74.2 cm³/mol. The van der Waals surface area contributed by atoms with Gasteiger partial charge in [-0.25, -0.2) is 4.68 Å². The Labute approximate surface area is 116 Å². The van der Waals surface area contributed by atoms with E-state index in [1.165, 1.54) is 10.2 Å². The van der Waals surface area contributed by atoms with Crippen LogP contribution in [0.1, 0.15) is 26.7 Å². The molecule has 106 valence electrons. The van der Waals surface area contributed by atoms with Crippen molar-refractivity contribution < 1.29 is 4.79 Å². The molecule has 1 saturated heterocycles. The van der Waals surface area contributed by atoms with Crippen LogP contribution in [0.4, 0.5) is 0 Å².